The summed E-state index contributed by atoms with van der Waals surface area (Å²) < 4.78 is 4.92. The molecule has 3 N–H and O–H groups in total. The Morgan fingerprint density at radius 2 is 1.92 bits per heavy atom. The molecular weight excluding hydrogens is 180 g/mol. The van der Waals surface area contributed by atoms with Gasteiger partial charge in [-0.3, -0.25) is 0 Å². The van der Waals surface area contributed by atoms with Crippen LogP contribution in [-0.2, 0) is 4.74 Å². The highest BCUT2D eigenvalue weighted by atomic mass is 32.2. The highest BCUT2D eigenvalue weighted by Gasteiger charge is 2.41. The molecule has 0 saturated carbocycles. The van der Waals surface area contributed by atoms with Crippen LogP contribution in [0.5, 0.6) is 0 Å². The highest BCUT2D eigenvalue weighted by molar-refractivity contribution is 7.99. The summed E-state index contributed by atoms with van der Waals surface area (Å²) in [7, 11) is 0. The first-order valence-corrected chi connectivity index (χ1v) is 5.09. The third-order valence-corrected chi connectivity index (χ3v) is 2.80. The third-order valence-electron chi connectivity index (χ3n) is 1.82. The van der Waals surface area contributed by atoms with E-state index < -0.39 is 24.6 Å². The van der Waals surface area contributed by atoms with Crippen LogP contribution in [0.15, 0.2) is 0 Å². The molecule has 0 bridgehead atoms. The average Bonchev–Trinajstić information content (AvgIpc) is 2.30. The number of ether oxygens (including phenoxy) is 1. The Morgan fingerprint density at radius 3 is 2.33 bits per heavy atom. The van der Waals surface area contributed by atoms with Crippen molar-refractivity contribution in [3.8, 4) is 0 Å². The second-order valence-corrected chi connectivity index (χ2v) is 4.02. The number of thioether (sulfide) groups is 1. The van der Waals surface area contributed by atoms with Crippen LogP contribution < -0.4 is 0 Å². The van der Waals surface area contributed by atoms with E-state index in [9.17, 15) is 5.11 Å². The Morgan fingerprint density at radius 1 is 1.25 bits per heavy atom. The van der Waals surface area contributed by atoms with Gasteiger partial charge < -0.3 is 20.1 Å². The second-order valence-electron chi connectivity index (χ2n) is 2.71. The fourth-order valence-electron chi connectivity index (χ4n) is 1.10. The lowest BCUT2D eigenvalue weighted by Gasteiger charge is -2.12. The topological polar surface area (TPSA) is 69.9 Å². The van der Waals surface area contributed by atoms with Gasteiger partial charge in [-0.15, -0.1) is 0 Å². The summed E-state index contributed by atoms with van der Waals surface area (Å²) in [6.07, 6.45) is -3.80. The Labute approximate surface area is 75.5 Å². The first-order chi connectivity index (χ1) is 5.66. The summed E-state index contributed by atoms with van der Waals surface area (Å²) in [6, 6.07) is 0. The van der Waals surface area contributed by atoms with Crippen LogP contribution in [0.2, 0.25) is 0 Å². The first-order valence-electron chi connectivity index (χ1n) is 3.94. The molecule has 5 heteroatoms. The molecule has 4 nitrogen and oxygen atoms in total. The van der Waals surface area contributed by atoms with Gasteiger partial charge in [0.15, 0.2) is 6.29 Å². The molecule has 1 aliphatic rings. The number of hydrogen-bond donors (Lipinski definition) is 3. The van der Waals surface area contributed by atoms with Crippen LogP contribution in [0.4, 0.5) is 0 Å². The lowest BCUT2D eigenvalue weighted by Crippen LogP contribution is -2.33. The molecule has 0 aromatic heterocycles. The Hall–Kier alpha value is 0.190. The van der Waals surface area contributed by atoms with Crippen molar-refractivity contribution in [3.05, 3.63) is 0 Å². The highest BCUT2D eigenvalue weighted by Crippen LogP contribution is 2.22. The van der Waals surface area contributed by atoms with Gasteiger partial charge in [0.25, 0.3) is 0 Å². The van der Waals surface area contributed by atoms with Crippen molar-refractivity contribution < 1.29 is 20.1 Å². The van der Waals surface area contributed by atoms with Gasteiger partial charge in [0.05, 0.1) is 6.10 Å². The monoisotopic (exact) mass is 194 g/mol. The minimum atomic E-state index is -1.23. The first kappa shape index (κ1) is 10.3. The van der Waals surface area contributed by atoms with Crippen molar-refractivity contribution in [1.29, 1.82) is 0 Å². The van der Waals surface area contributed by atoms with Gasteiger partial charge in [-0.05, 0) is 5.75 Å². The van der Waals surface area contributed by atoms with E-state index in [1.807, 2.05) is 6.92 Å². The molecule has 1 rings (SSSR count). The smallest absolute Gasteiger partial charge is 0.183 e. The van der Waals surface area contributed by atoms with Crippen molar-refractivity contribution in [2.75, 3.05) is 11.5 Å². The quantitative estimate of drug-likeness (QED) is 0.547. The molecule has 1 aliphatic heterocycles. The number of hydrogen-bond acceptors (Lipinski definition) is 5. The molecule has 12 heavy (non-hydrogen) atoms. The minimum Gasteiger partial charge on any atom is -0.387 e. The van der Waals surface area contributed by atoms with Gasteiger partial charge in [-0.1, -0.05) is 6.92 Å². The van der Waals surface area contributed by atoms with E-state index >= 15 is 0 Å². The predicted octanol–water partition coefficient (Wildman–Crippen LogP) is -0.822. The van der Waals surface area contributed by atoms with Crippen molar-refractivity contribution in [2.45, 2.75) is 31.5 Å². The summed E-state index contributed by atoms with van der Waals surface area (Å²) in [4.78, 5) is 0. The standard InChI is InChI=1S/C7H14O4S/c1-2-12-3-4-5(8)6(9)7(10)11-4/h4-10H,2-3H2,1H3/t4-,5-,6-,7?/m1/s1. The average molecular weight is 194 g/mol. The molecule has 0 aromatic rings. The second kappa shape index (κ2) is 4.43. The molecule has 0 aliphatic carbocycles. The van der Waals surface area contributed by atoms with Crippen molar-refractivity contribution >= 4 is 11.8 Å². The zero-order valence-electron chi connectivity index (χ0n) is 6.88. The van der Waals surface area contributed by atoms with E-state index in [1.54, 1.807) is 11.8 Å². The Bertz CT molecular complexity index is 143. The van der Waals surface area contributed by atoms with Gasteiger partial charge in [0, 0.05) is 5.75 Å². The molecule has 1 unspecified atom stereocenters. The maximum absolute atomic E-state index is 9.31. The summed E-state index contributed by atoms with van der Waals surface area (Å²) >= 11 is 1.61. The van der Waals surface area contributed by atoms with Gasteiger partial charge in [-0.2, -0.15) is 11.8 Å². The summed E-state index contributed by atoms with van der Waals surface area (Å²) in [5.74, 6) is 1.53. The zero-order valence-corrected chi connectivity index (χ0v) is 7.70. The lowest BCUT2D eigenvalue weighted by atomic mass is 10.2. The zero-order chi connectivity index (χ0) is 9.14. The predicted molar refractivity (Wildman–Crippen MR) is 45.9 cm³/mol. The van der Waals surface area contributed by atoms with Gasteiger partial charge in [0.1, 0.15) is 12.2 Å². The van der Waals surface area contributed by atoms with Crippen LogP contribution in [0, 0.1) is 0 Å². The van der Waals surface area contributed by atoms with E-state index in [-0.39, 0.29) is 0 Å². The van der Waals surface area contributed by atoms with Gasteiger partial charge in [0.2, 0.25) is 0 Å². The fourth-order valence-corrected chi connectivity index (χ4v) is 1.84. The van der Waals surface area contributed by atoms with E-state index in [4.69, 9.17) is 14.9 Å². The summed E-state index contributed by atoms with van der Waals surface area (Å²) in [6.45, 7) is 2.00. The third kappa shape index (κ3) is 2.11. The molecule has 0 aromatic carbocycles. The molecule has 0 radical (unpaired) electrons. The molecule has 1 saturated heterocycles. The minimum absolute atomic E-state index is 0.444. The van der Waals surface area contributed by atoms with Crippen LogP contribution >= 0.6 is 11.8 Å². The fraction of sp³-hybridized carbons (Fsp3) is 1.00. The van der Waals surface area contributed by atoms with Crippen molar-refractivity contribution in [3.63, 3.8) is 0 Å². The van der Waals surface area contributed by atoms with Crippen LogP contribution in [-0.4, -0.2) is 51.4 Å². The number of aliphatic hydroxyl groups is 3. The molecular formula is C7H14O4S. The molecule has 1 heterocycles. The molecule has 4 atom stereocenters. The molecule has 0 amide bonds. The molecule has 72 valence electrons. The van der Waals surface area contributed by atoms with E-state index in [0.717, 1.165) is 5.75 Å². The van der Waals surface area contributed by atoms with Crippen molar-refractivity contribution in [2.24, 2.45) is 0 Å². The Kier molecular flexibility index (Phi) is 3.79. The number of rotatable bonds is 3. The van der Waals surface area contributed by atoms with E-state index in [2.05, 4.69) is 0 Å². The van der Waals surface area contributed by atoms with Gasteiger partial charge >= 0.3 is 0 Å². The lowest BCUT2D eigenvalue weighted by molar-refractivity contribution is -0.123. The van der Waals surface area contributed by atoms with Crippen molar-refractivity contribution in [1.82, 2.24) is 0 Å². The number of aliphatic hydroxyl groups excluding tert-OH is 3. The van der Waals surface area contributed by atoms with Crippen LogP contribution in [0.1, 0.15) is 6.92 Å². The normalized spacial score (nSPS) is 42.0. The largest absolute Gasteiger partial charge is 0.387 e. The van der Waals surface area contributed by atoms with Crippen LogP contribution in [0.3, 0.4) is 0 Å². The van der Waals surface area contributed by atoms with Crippen LogP contribution in [0.25, 0.3) is 0 Å². The SMILES string of the molecule is CCSC[C@H]1OC(O)[C@H](O)[C@@H]1O. The van der Waals surface area contributed by atoms with E-state index in [1.165, 1.54) is 0 Å². The molecule has 1 fully saturated rings. The van der Waals surface area contributed by atoms with Gasteiger partial charge in [-0.25, -0.2) is 0 Å². The summed E-state index contributed by atoms with van der Waals surface area (Å²) in [5.41, 5.74) is 0. The summed E-state index contributed by atoms with van der Waals surface area (Å²) in [5, 5.41) is 27.4. The van der Waals surface area contributed by atoms with E-state index in [0.29, 0.717) is 5.75 Å². The Balaban J connectivity index is 2.36. The molecule has 0 spiro atoms. The maximum atomic E-state index is 9.31. The maximum Gasteiger partial charge on any atom is 0.183 e.